The number of rotatable bonds is 5. The van der Waals surface area contributed by atoms with Crippen LogP contribution in [0.3, 0.4) is 0 Å². The van der Waals surface area contributed by atoms with E-state index in [0.717, 1.165) is 12.4 Å². The highest BCUT2D eigenvalue weighted by atomic mass is 16.5. The molecule has 2 heteroatoms. The minimum absolute atomic E-state index is 0.562. The van der Waals surface area contributed by atoms with Gasteiger partial charge in [-0.05, 0) is 61.6 Å². The predicted molar refractivity (Wildman–Crippen MR) is 83.3 cm³/mol. The first-order valence-corrected chi connectivity index (χ1v) is 7.44. The largest absolute Gasteiger partial charge is 0.497 e. The Hall–Kier alpha value is -1.28. The number of methoxy groups -OCH3 is 2. The second kappa shape index (κ2) is 6.94. The van der Waals surface area contributed by atoms with E-state index in [1.807, 2.05) is 0 Å². The fourth-order valence-electron chi connectivity index (χ4n) is 3.45. The molecule has 0 amide bonds. The van der Waals surface area contributed by atoms with Gasteiger partial charge in [-0.2, -0.15) is 0 Å². The third-order valence-electron chi connectivity index (χ3n) is 4.54. The van der Waals surface area contributed by atoms with Crippen LogP contribution in [0.5, 0.6) is 5.75 Å². The molecule has 0 saturated heterocycles. The van der Waals surface area contributed by atoms with Crippen molar-refractivity contribution in [1.29, 1.82) is 0 Å². The highest BCUT2D eigenvalue weighted by Gasteiger charge is 2.31. The third kappa shape index (κ3) is 3.43. The first kappa shape index (κ1) is 15.1. The van der Waals surface area contributed by atoms with Crippen molar-refractivity contribution in [2.24, 2.45) is 11.8 Å². The molecule has 1 aliphatic carbocycles. The van der Waals surface area contributed by atoms with Crippen LogP contribution in [0.25, 0.3) is 0 Å². The Kier molecular flexibility index (Phi) is 5.24. The Morgan fingerprint density at radius 2 is 1.90 bits per heavy atom. The van der Waals surface area contributed by atoms with Crippen molar-refractivity contribution in [1.82, 2.24) is 0 Å². The van der Waals surface area contributed by atoms with Crippen LogP contribution < -0.4 is 4.74 Å². The van der Waals surface area contributed by atoms with Crippen molar-refractivity contribution < 1.29 is 9.47 Å². The van der Waals surface area contributed by atoms with Gasteiger partial charge < -0.3 is 9.47 Å². The maximum atomic E-state index is 5.36. The second-order valence-electron chi connectivity index (χ2n) is 5.97. The molecule has 1 aromatic rings. The Bertz CT molecular complexity index is 435. The van der Waals surface area contributed by atoms with E-state index in [1.165, 1.54) is 30.4 Å². The van der Waals surface area contributed by atoms with Gasteiger partial charge in [-0.15, -0.1) is 0 Å². The lowest BCUT2D eigenvalue weighted by atomic mass is 9.69. The molecule has 2 nitrogen and oxygen atoms in total. The van der Waals surface area contributed by atoms with Gasteiger partial charge in [0, 0.05) is 13.7 Å². The second-order valence-corrected chi connectivity index (χ2v) is 5.97. The first-order chi connectivity index (χ1) is 9.65. The van der Waals surface area contributed by atoms with E-state index in [4.69, 9.17) is 9.47 Å². The molecule has 0 aromatic heterocycles. The maximum absolute atomic E-state index is 5.36. The van der Waals surface area contributed by atoms with E-state index in [9.17, 15) is 0 Å². The number of benzene rings is 1. The van der Waals surface area contributed by atoms with Crippen molar-refractivity contribution >= 4 is 0 Å². The van der Waals surface area contributed by atoms with Crippen LogP contribution in [0.4, 0.5) is 0 Å². The molecular weight excluding hydrogens is 248 g/mol. The molecule has 110 valence electrons. The van der Waals surface area contributed by atoms with Gasteiger partial charge in [0.2, 0.25) is 0 Å². The summed E-state index contributed by atoms with van der Waals surface area (Å²) in [5, 5.41) is 0. The highest BCUT2D eigenvalue weighted by molar-refractivity contribution is 5.31. The molecule has 0 N–H and O–H groups in total. The van der Waals surface area contributed by atoms with E-state index >= 15 is 0 Å². The van der Waals surface area contributed by atoms with Gasteiger partial charge in [0.15, 0.2) is 0 Å². The quantitative estimate of drug-likeness (QED) is 0.740. The number of ether oxygens (including phenoxy) is 2. The van der Waals surface area contributed by atoms with Crippen LogP contribution in [0, 0.1) is 11.8 Å². The van der Waals surface area contributed by atoms with Gasteiger partial charge >= 0.3 is 0 Å². The minimum Gasteiger partial charge on any atom is -0.497 e. The van der Waals surface area contributed by atoms with Gasteiger partial charge in [-0.3, -0.25) is 0 Å². The lowest BCUT2D eigenvalue weighted by Crippen LogP contribution is -2.26. The van der Waals surface area contributed by atoms with Gasteiger partial charge in [0.1, 0.15) is 5.75 Å². The van der Waals surface area contributed by atoms with Crippen LogP contribution >= 0.6 is 0 Å². The Balaban J connectivity index is 2.19. The number of allylic oxidation sites excluding steroid dienone is 1. The molecule has 0 bridgehead atoms. The highest BCUT2D eigenvalue weighted by Crippen LogP contribution is 2.43. The monoisotopic (exact) mass is 274 g/mol. The van der Waals surface area contributed by atoms with E-state index in [0.29, 0.717) is 17.8 Å². The molecule has 0 heterocycles. The molecule has 2 rings (SSSR count). The van der Waals surface area contributed by atoms with E-state index in [-0.39, 0.29) is 0 Å². The van der Waals surface area contributed by atoms with Crippen LogP contribution in [0.15, 0.2) is 36.4 Å². The van der Waals surface area contributed by atoms with Crippen LogP contribution in [-0.4, -0.2) is 20.8 Å². The van der Waals surface area contributed by atoms with Gasteiger partial charge in [-0.1, -0.05) is 24.3 Å². The predicted octanol–water partition coefficient (Wildman–Crippen LogP) is 4.42. The molecule has 1 saturated carbocycles. The average Bonchev–Trinajstić information content (AvgIpc) is 2.47. The summed E-state index contributed by atoms with van der Waals surface area (Å²) >= 11 is 0. The molecule has 1 fully saturated rings. The summed E-state index contributed by atoms with van der Waals surface area (Å²) < 4.78 is 10.6. The van der Waals surface area contributed by atoms with Crippen molar-refractivity contribution in [3.8, 4) is 5.75 Å². The molecule has 0 aliphatic heterocycles. The third-order valence-corrected chi connectivity index (χ3v) is 4.54. The van der Waals surface area contributed by atoms with Crippen molar-refractivity contribution in [2.75, 3.05) is 20.8 Å². The summed E-state index contributed by atoms with van der Waals surface area (Å²) in [6, 6.07) is 8.53. The number of hydrogen-bond acceptors (Lipinski definition) is 2. The van der Waals surface area contributed by atoms with Gasteiger partial charge in [0.05, 0.1) is 7.11 Å². The fourth-order valence-corrected chi connectivity index (χ4v) is 3.45. The fraction of sp³-hybridized carbons (Fsp3) is 0.556. The summed E-state index contributed by atoms with van der Waals surface area (Å²) in [7, 11) is 3.51. The molecule has 2 unspecified atom stereocenters. The zero-order valence-electron chi connectivity index (χ0n) is 12.9. The Morgan fingerprint density at radius 1 is 1.20 bits per heavy atom. The van der Waals surface area contributed by atoms with Crippen LogP contribution in [0.1, 0.15) is 37.7 Å². The maximum Gasteiger partial charge on any atom is 0.118 e. The smallest absolute Gasteiger partial charge is 0.118 e. The Morgan fingerprint density at radius 3 is 2.45 bits per heavy atom. The topological polar surface area (TPSA) is 18.5 Å². The summed E-state index contributed by atoms with van der Waals surface area (Å²) in [5.41, 5.74) is 2.71. The van der Waals surface area contributed by atoms with Crippen molar-refractivity contribution in [3.63, 3.8) is 0 Å². The van der Waals surface area contributed by atoms with Crippen molar-refractivity contribution in [2.45, 2.75) is 32.1 Å². The summed E-state index contributed by atoms with van der Waals surface area (Å²) in [6.07, 6.45) is 3.66. The summed E-state index contributed by atoms with van der Waals surface area (Å²) in [6.45, 7) is 7.24. The summed E-state index contributed by atoms with van der Waals surface area (Å²) in [5.74, 6) is 2.75. The standard InChI is InChI=1S/C18H26O2/c1-13(2)17-10-5-14(12-19-3)11-18(17)15-6-8-16(20-4)9-7-15/h6-9,14,17-18H,1,5,10-12H2,2-4H3/t14?,17?,18-/m0/s1. The zero-order valence-corrected chi connectivity index (χ0v) is 12.9. The van der Waals surface area contributed by atoms with Crippen molar-refractivity contribution in [3.05, 3.63) is 42.0 Å². The van der Waals surface area contributed by atoms with E-state index < -0.39 is 0 Å². The van der Waals surface area contributed by atoms with E-state index in [1.54, 1.807) is 14.2 Å². The number of hydrogen-bond donors (Lipinski definition) is 0. The molecule has 20 heavy (non-hydrogen) atoms. The molecule has 1 aromatic carbocycles. The van der Waals surface area contributed by atoms with E-state index in [2.05, 4.69) is 37.8 Å². The van der Waals surface area contributed by atoms with Crippen LogP contribution in [-0.2, 0) is 4.74 Å². The lowest BCUT2D eigenvalue weighted by molar-refractivity contribution is 0.115. The zero-order chi connectivity index (χ0) is 14.5. The average molecular weight is 274 g/mol. The van der Waals surface area contributed by atoms with Gasteiger partial charge in [0.25, 0.3) is 0 Å². The first-order valence-electron chi connectivity index (χ1n) is 7.44. The Labute approximate surface area is 122 Å². The molecule has 0 spiro atoms. The normalized spacial score (nSPS) is 26.2. The van der Waals surface area contributed by atoms with Gasteiger partial charge in [-0.25, -0.2) is 0 Å². The molecule has 0 radical (unpaired) electrons. The molecular formula is C18H26O2. The summed E-state index contributed by atoms with van der Waals surface area (Å²) in [4.78, 5) is 0. The molecule has 3 atom stereocenters. The molecule has 1 aliphatic rings. The minimum atomic E-state index is 0.562. The lowest BCUT2D eigenvalue weighted by Gasteiger charge is -2.37. The van der Waals surface area contributed by atoms with Crippen LogP contribution in [0.2, 0.25) is 0 Å². The SMILES string of the molecule is C=C(C)C1CCC(COC)C[C@H]1c1ccc(OC)cc1.